The van der Waals surface area contributed by atoms with Gasteiger partial charge in [-0.05, 0) is 35.1 Å². The second-order valence-corrected chi connectivity index (χ2v) is 4.50. The van der Waals surface area contributed by atoms with Gasteiger partial charge in [-0.1, -0.05) is 45.0 Å². The zero-order valence-corrected chi connectivity index (χ0v) is 10.2. The molecule has 0 heterocycles. The minimum Gasteiger partial charge on any atom is -0.281 e. The highest BCUT2D eigenvalue weighted by molar-refractivity contribution is 6.64. The predicted octanol–water partition coefficient (Wildman–Crippen LogP) is 3.75. The molecule has 0 amide bonds. The first-order chi connectivity index (χ1) is 7.06. The molecule has 1 rings (SSSR count). The third-order valence-electron chi connectivity index (χ3n) is 2.63. The van der Waals surface area contributed by atoms with E-state index in [1.54, 1.807) is 0 Å². The largest absolute Gasteiger partial charge is 0.281 e. The van der Waals surface area contributed by atoms with E-state index in [-0.39, 0.29) is 17.1 Å². The van der Waals surface area contributed by atoms with Crippen molar-refractivity contribution in [2.75, 3.05) is 0 Å². The van der Waals surface area contributed by atoms with Crippen molar-refractivity contribution in [1.82, 2.24) is 0 Å². The van der Waals surface area contributed by atoms with Gasteiger partial charge in [-0.25, -0.2) is 0 Å². The van der Waals surface area contributed by atoms with E-state index in [2.05, 4.69) is 19.1 Å². The Morgan fingerprint density at radius 3 is 2.53 bits per heavy atom. The van der Waals surface area contributed by atoms with Crippen LogP contribution in [0.15, 0.2) is 24.3 Å². The molecule has 0 saturated heterocycles. The highest BCUT2D eigenvalue weighted by Crippen LogP contribution is 2.27. The Labute approximate surface area is 96.5 Å². The molecular weight excluding hydrogens is 208 g/mol. The van der Waals surface area contributed by atoms with Crippen LogP contribution in [0.1, 0.15) is 37.8 Å². The molecule has 0 fully saturated rings. The van der Waals surface area contributed by atoms with Crippen LogP contribution in [0.3, 0.4) is 0 Å². The van der Waals surface area contributed by atoms with Gasteiger partial charge in [-0.3, -0.25) is 4.79 Å². The van der Waals surface area contributed by atoms with Gasteiger partial charge in [0, 0.05) is 0 Å². The maximum atomic E-state index is 11.4. The van der Waals surface area contributed by atoms with Crippen molar-refractivity contribution in [3.8, 4) is 0 Å². The second-order valence-electron chi connectivity index (χ2n) is 4.12. The lowest BCUT2D eigenvalue weighted by Gasteiger charge is -2.17. The van der Waals surface area contributed by atoms with Crippen LogP contribution in [0.5, 0.6) is 0 Å². The molecule has 0 spiro atoms. The fourth-order valence-electron chi connectivity index (χ4n) is 1.78. The van der Waals surface area contributed by atoms with Crippen LogP contribution < -0.4 is 0 Å². The molecule has 1 unspecified atom stereocenters. The molecule has 0 saturated carbocycles. The van der Waals surface area contributed by atoms with Gasteiger partial charge in [0.2, 0.25) is 5.24 Å². The summed E-state index contributed by atoms with van der Waals surface area (Å²) in [5.41, 5.74) is 2.28. The first-order valence-corrected chi connectivity index (χ1v) is 5.72. The van der Waals surface area contributed by atoms with E-state index in [1.807, 2.05) is 26.0 Å². The van der Waals surface area contributed by atoms with Crippen LogP contribution >= 0.6 is 11.6 Å². The van der Waals surface area contributed by atoms with E-state index in [0.717, 1.165) is 12.0 Å². The van der Waals surface area contributed by atoms with Crippen molar-refractivity contribution in [3.05, 3.63) is 35.4 Å². The molecule has 0 aliphatic heterocycles. The standard InChI is InChI=1S/C13H17ClO/c1-4-10-6-5-7-11(8-10)12(9(2)3)13(14)15/h5-9,12H,4H2,1-3H3. The van der Waals surface area contributed by atoms with Crippen molar-refractivity contribution in [2.45, 2.75) is 33.1 Å². The number of hydrogen-bond donors (Lipinski definition) is 0. The number of benzene rings is 1. The zero-order valence-electron chi connectivity index (χ0n) is 9.46. The lowest BCUT2D eigenvalue weighted by molar-refractivity contribution is -0.113. The third-order valence-corrected chi connectivity index (χ3v) is 2.86. The van der Waals surface area contributed by atoms with Gasteiger partial charge < -0.3 is 0 Å². The predicted molar refractivity (Wildman–Crippen MR) is 64.3 cm³/mol. The summed E-state index contributed by atoms with van der Waals surface area (Å²) in [6, 6.07) is 8.11. The van der Waals surface area contributed by atoms with E-state index >= 15 is 0 Å². The molecule has 1 aromatic rings. The first-order valence-electron chi connectivity index (χ1n) is 5.34. The molecule has 0 aliphatic carbocycles. The summed E-state index contributed by atoms with van der Waals surface area (Å²) in [6.07, 6.45) is 0.981. The van der Waals surface area contributed by atoms with Crippen molar-refractivity contribution in [1.29, 1.82) is 0 Å². The minimum absolute atomic E-state index is 0.182. The molecule has 15 heavy (non-hydrogen) atoms. The van der Waals surface area contributed by atoms with Gasteiger partial charge in [-0.2, -0.15) is 0 Å². The van der Waals surface area contributed by atoms with Crippen molar-refractivity contribution < 1.29 is 4.79 Å². The van der Waals surface area contributed by atoms with Gasteiger partial charge in [-0.15, -0.1) is 0 Å². The molecule has 1 nitrogen and oxygen atoms in total. The zero-order chi connectivity index (χ0) is 11.4. The Hall–Kier alpha value is -0.820. The van der Waals surface area contributed by atoms with Gasteiger partial charge >= 0.3 is 0 Å². The van der Waals surface area contributed by atoms with Crippen LogP contribution in [-0.4, -0.2) is 5.24 Å². The Bertz CT molecular complexity index is 344. The van der Waals surface area contributed by atoms with Crippen LogP contribution in [0.2, 0.25) is 0 Å². The molecule has 0 N–H and O–H groups in total. The number of hydrogen-bond acceptors (Lipinski definition) is 1. The maximum Gasteiger partial charge on any atom is 0.229 e. The maximum absolute atomic E-state index is 11.4. The summed E-state index contributed by atoms with van der Waals surface area (Å²) < 4.78 is 0. The number of rotatable bonds is 4. The summed E-state index contributed by atoms with van der Waals surface area (Å²) in [5, 5.41) is -0.266. The number of carbonyl (C=O) groups is 1. The van der Waals surface area contributed by atoms with E-state index in [9.17, 15) is 4.79 Å². The number of aryl methyl sites for hydroxylation is 1. The normalized spacial score (nSPS) is 12.9. The van der Waals surface area contributed by atoms with E-state index in [4.69, 9.17) is 11.6 Å². The molecule has 82 valence electrons. The molecule has 0 bridgehead atoms. The molecule has 0 aliphatic rings. The lowest BCUT2D eigenvalue weighted by Crippen LogP contribution is -2.13. The van der Waals surface area contributed by atoms with Crippen molar-refractivity contribution in [2.24, 2.45) is 5.92 Å². The van der Waals surface area contributed by atoms with E-state index in [1.165, 1.54) is 5.56 Å². The van der Waals surface area contributed by atoms with E-state index in [0.29, 0.717) is 0 Å². The monoisotopic (exact) mass is 224 g/mol. The summed E-state index contributed by atoms with van der Waals surface area (Å²) >= 11 is 5.63. The van der Waals surface area contributed by atoms with E-state index < -0.39 is 0 Å². The van der Waals surface area contributed by atoms with Gasteiger partial charge in [0.15, 0.2) is 0 Å². The Morgan fingerprint density at radius 1 is 1.40 bits per heavy atom. The molecule has 1 atom stereocenters. The average Bonchev–Trinajstić information content (AvgIpc) is 2.17. The number of halogens is 1. The van der Waals surface area contributed by atoms with Crippen LogP contribution in [-0.2, 0) is 11.2 Å². The third kappa shape index (κ3) is 3.07. The first kappa shape index (κ1) is 12.3. The van der Waals surface area contributed by atoms with Crippen LogP contribution in [0, 0.1) is 5.92 Å². The summed E-state index contributed by atoms with van der Waals surface area (Å²) in [5.74, 6) is 0.0558. The molecular formula is C13H17ClO. The average molecular weight is 225 g/mol. The van der Waals surface area contributed by atoms with Gasteiger partial charge in [0.1, 0.15) is 0 Å². The van der Waals surface area contributed by atoms with Gasteiger partial charge in [0.05, 0.1) is 5.92 Å². The summed E-state index contributed by atoms with van der Waals surface area (Å²) in [7, 11) is 0. The van der Waals surface area contributed by atoms with Gasteiger partial charge in [0.25, 0.3) is 0 Å². The quantitative estimate of drug-likeness (QED) is 0.712. The fourth-order valence-corrected chi connectivity index (χ4v) is 2.16. The lowest BCUT2D eigenvalue weighted by atomic mass is 9.88. The van der Waals surface area contributed by atoms with Crippen LogP contribution in [0.25, 0.3) is 0 Å². The molecule has 0 aromatic heterocycles. The topological polar surface area (TPSA) is 17.1 Å². The van der Waals surface area contributed by atoms with Crippen LogP contribution in [0.4, 0.5) is 0 Å². The Kier molecular flexibility index (Phi) is 4.34. The van der Waals surface area contributed by atoms with Crippen molar-refractivity contribution >= 4 is 16.8 Å². The summed E-state index contributed by atoms with van der Waals surface area (Å²) in [4.78, 5) is 11.4. The highest BCUT2D eigenvalue weighted by atomic mass is 35.5. The molecule has 1 aromatic carbocycles. The highest BCUT2D eigenvalue weighted by Gasteiger charge is 2.22. The minimum atomic E-state index is -0.266. The fraction of sp³-hybridized carbons (Fsp3) is 0.462. The Morgan fingerprint density at radius 2 is 2.07 bits per heavy atom. The molecule has 2 heteroatoms. The summed E-state index contributed by atoms with van der Waals surface area (Å²) in [6.45, 7) is 6.14. The SMILES string of the molecule is CCc1cccc(C(C(=O)Cl)C(C)C)c1. The smallest absolute Gasteiger partial charge is 0.229 e. The number of carbonyl (C=O) groups excluding carboxylic acids is 1. The second kappa shape index (κ2) is 5.32. The Balaban J connectivity index is 3.05. The van der Waals surface area contributed by atoms with Crippen molar-refractivity contribution in [3.63, 3.8) is 0 Å². The molecule has 0 radical (unpaired) electrons.